The summed E-state index contributed by atoms with van der Waals surface area (Å²) in [6, 6.07) is 9.99. The molecule has 0 saturated heterocycles. The molecule has 1 amide bonds. The number of aromatic nitrogens is 1. The molecule has 1 N–H and O–H groups in total. The van der Waals surface area contributed by atoms with E-state index in [0.717, 1.165) is 60.1 Å². The Bertz CT molecular complexity index is 907. The minimum atomic E-state index is -0.872. The Hall–Kier alpha value is -2.46. The molecule has 4 heteroatoms. The topological polar surface area (TPSA) is 53.4 Å². The molecular formula is C25H30N2O2. The van der Waals surface area contributed by atoms with Gasteiger partial charge in [-0.05, 0) is 42.5 Å². The zero-order chi connectivity index (χ0) is 20.4. The number of nitrogens with zero attached hydrogens (tertiary/aromatic N) is 2. The number of amides is 1. The van der Waals surface area contributed by atoms with Crippen molar-refractivity contribution >= 4 is 12.0 Å². The lowest BCUT2D eigenvalue weighted by Crippen LogP contribution is -2.49. The molecule has 4 rings (SSSR count). The molecule has 2 aliphatic rings. The van der Waals surface area contributed by atoms with Crippen LogP contribution >= 0.6 is 0 Å². The predicted molar refractivity (Wildman–Crippen MR) is 116 cm³/mol. The fourth-order valence-corrected chi connectivity index (χ4v) is 4.86. The van der Waals surface area contributed by atoms with Crippen molar-refractivity contribution in [2.24, 2.45) is 0 Å². The molecule has 4 nitrogen and oxygen atoms in total. The van der Waals surface area contributed by atoms with Crippen LogP contribution in [0.1, 0.15) is 81.2 Å². The van der Waals surface area contributed by atoms with E-state index in [1.807, 2.05) is 30.3 Å². The molecule has 152 valence electrons. The molecular weight excluding hydrogens is 360 g/mol. The second-order valence-corrected chi connectivity index (χ2v) is 8.11. The van der Waals surface area contributed by atoms with Gasteiger partial charge in [-0.3, -0.25) is 9.78 Å². The number of rotatable bonds is 7. The van der Waals surface area contributed by atoms with Gasteiger partial charge in [0.05, 0.1) is 11.6 Å². The molecule has 0 fully saturated rings. The predicted octanol–water partition coefficient (Wildman–Crippen LogP) is 5.44. The zero-order valence-electron chi connectivity index (χ0n) is 17.3. The van der Waals surface area contributed by atoms with Crippen LogP contribution in [-0.2, 0) is 4.79 Å². The zero-order valence-corrected chi connectivity index (χ0v) is 17.3. The normalized spacial score (nSPS) is 21.2. The van der Waals surface area contributed by atoms with E-state index in [9.17, 15) is 9.90 Å². The third kappa shape index (κ3) is 3.51. The average Bonchev–Trinajstić information content (AvgIpc) is 2.76. The van der Waals surface area contributed by atoms with Gasteiger partial charge in [0.25, 0.3) is 0 Å². The fourth-order valence-electron chi connectivity index (χ4n) is 4.86. The van der Waals surface area contributed by atoms with Crippen LogP contribution < -0.4 is 0 Å². The maximum atomic E-state index is 13.5. The minimum Gasteiger partial charge on any atom is -0.369 e. The molecule has 3 unspecified atom stereocenters. The SMILES string of the molecule is CCCCCC(CC)N1C(=O)C2CC=Cc3c(-c4ccccn4)ccc(c32)C1O. The van der Waals surface area contributed by atoms with Crippen LogP contribution in [0.25, 0.3) is 17.3 Å². The number of carbonyl (C=O) groups excluding carboxylic acids is 1. The molecule has 3 atom stereocenters. The number of aliphatic hydroxyl groups excluding tert-OH is 1. The lowest BCUT2D eigenvalue weighted by molar-refractivity contribution is -0.151. The minimum absolute atomic E-state index is 0.0668. The van der Waals surface area contributed by atoms with Crippen LogP contribution in [0.4, 0.5) is 0 Å². The largest absolute Gasteiger partial charge is 0.369 e. The van der Waals surface area contributed by atoms with Gasteiger partial charge in [0.2, 0.25) is 5.91 Å². The Labute approximate surface area is 173 Å². The summed E-state index contributed by atoms with van der Waals surface area (Å²) in [5, 5.41) is 11.2. The molecule has 0 saturated carbocycles. The van der Waals surface area contributed by atoms with Crippen molar-refractivity contribution in [1.82, 2.24) is 9.88 Å². The van der Waals surface area contributed by atoms with Crippen molar-refractivity contribution < 1.29 is 9.90 Å². The number of pyridine rings is 1. The number of unbranched alkanes of at least 4 members (excludes halogenated alkanes) is 2. The van der Waals surface area contributed by atoms with E-state index < -0.39 is 6.23 Å². The first-order chi connectivity index (χ1) is 14.2. The molecule has 0 spiro atoms. The van der Waals surface area contributed by atoms with Crippen LogP contribution in [0.5, 0.6) is 0 Å². The maximum absolute atomic E-state index is 13.5. The van der Waals surface area contributed by atoms with Crippen LogP contribution in [0.3, 0.4) is 0 Å². The van der Waals surface area contributed by atoms with Crippen LogP contribution in [0.15, 0.2) is 42.6 Å². The van der Waals surface area contributed by atoms with Crippen molar-refractivity contribution in [1.29, 1.82) is 0 Å². The van der Waals surface area contributed by atoms with E-state index in [0.29, 0.717) is 6.42 Å². The van der Waals surface area contributed by atoms with Crippen molar-refractivity contribution in [2.45, 2.75) is 70.6 Å². The molecule has 1 aromatic carbocycles. The second kappa shape index (κ2) is 8.50. The number of aliphatic hydroxyl groups is 1. The smallest absolute Gasteiger partial charge is 0.233 e. The first-order valence-corrected chi connectivity index (χ1v) is 10.9. The maximum Gasteiger partial charge on any atom is 0.233 e. The highest BCUT2D eigenvalue weighted by molar-refractivity contribution is 5.92. The lowest BCUT2D eigenvalue weighted by Gasteiger charge is -2.44. The van der Waals surface area contributed by atoms with Gasteiger partial charge in [-0.15, -0.1) is 0 Å². The Morgan fingerprint density at radius 2 is 2.07 bits per heavy atom. The summed E-state index contributed by atoms with van der Waals surface area (Å²) in [4.78, 5) is 19.8. The molecule has 29 heavy (non-hydrogen) atoms. The second-order valence-electron chi connectivity index (χ2n) is 8.11. The molecule has 1 aliphatic carbocycles. The number of allylic oxidation sites excluding steroid dienone is 1. The van der Waals surface area contributed by atoms with Crippen molar-refractivity contribution in [3.05, 3.63) is 59.3 Å². The molecule has 2 heterocycles. The van der Waals surface area contributed by atoms with Gasteiger partial charge in [-0.25, -0.2) is 0 Å². The van der Waals surface area contributed by atoms with Crippen molar-refractivity contribution in [3.8, 4) is 11.3 Å². The Kier molecular flexibility index (Phi) is 5.81. The fraction of sp³-hybridized carbons (Fsp3) is 0.440. The molecule has 1 aliphatic heterocycles. The molecule has 0 radical (unpaired) electrons. The van der Waals surface area contributed by atoms with Crippen LogP contribution in [0, 0.1) is 0 Å². The van der Waals surface area contributed by atoms with E-state index in [-0.39, 0.29) is 17.9 Å². The number of carbonyl (C=O) groups is 1. The van der Waals surface area contributed by atoms with E-state index in [4.69, 9.17) is 0 Å². The van der Waals surface area contributed by atoms with Crippen molar-refractivity contribution in [3.63, 3.8) is 0 Å². The molecule has 1 aromatic heterocycles. The highest BCUT2D eigenvalue weighted by Crippen LogP contribution is 2.46. The highest BCUT2D eigenvalue weighted by atomic mass is 16.3. The van der Waals surface area contributed by atoms with Crippen LogP contribution in [-0.4, -0.2) is 26.9 Å². The Morgan fingerprint density at radius 3 is 2.79 bits per heavy atom. The Morgan fingerprint density at radius 1 is 1.21 bits per heavy atom. The number of hydrogen-bond donors (Lipinski definition) is 1. The van der Waals surface area contributed by atoms with E-state index in [2.05, 4.69) is 31.0 Å². The molecule has 0 bridgehead atoms. The summed E-state index contributed by atoms with van der Waals surface area (Å²) in [5.41, 5.74) is 4.82. The van der Waals surface area contributed by atoms with Gasteiger partial charge in [0.15, 0.2) is 6.23 Å². The van der Waals surface area contributed by atoms with Gasteiger partial charge in [0.1, 0.15) is 0 Å². The first kappa shape index (κ1) is 19.8. The molecule has 2 aromatic rings. The number of hydrogen-bond acceptors (Lipinski definition) is 3. The van der Waals surface area contributed by atoms with Crippen molar-refractivity contribution in [2.75, 3.05) is 0 Å². The van der Waals surface area contributed by atoms with E-state index >= 15 is 0 Å². The average molecular weight is 391 g/mol. The number of benzene rings is 1. The lowest BCUT2D eigenvalue weighted by atomic mass is 9.77. The van der Waals surface area contributed by atoms with E-state index in [1.54, 1.807) is 11.1 Å². The first-order valence-electron chi connectivity index (χ1n) is 10.9. The summed E-state index contributed by atoms with van der Waals surface area (Å²) in [7, 11) is 0. The summed E-state index contributed by atoms with van der Waals surface area (Å²) < 4.78 is 0. The van der Waals surface area contributed by atoms with Gasteiger partial charge < -0.3 is 10.0 Å². The van der Waals surface area contributed by atoms with E-state index in [1.165, 1.54) is 0 Å². The van der Waals surface area contributed by atoms with Crippen LogP contribution in [0.2, 0.25) is 0 Å². The van der Waals surface area contributed by atoms with Gasteiger partial charge in [-0.2, -0.15) is 0 Å². The highest BCUT2D eigenvalue weighted by Gasteiger charge is 2.43. The third-order valence-corrected chi connectivity index (χ3v) is 6.37. The third-order valence-electron chi connectivity index (χ3n) is 6.37. The Balaban J connectivity index is 1.76. The summed E-state index contributed by atoms with van der Waals surface area (Å²) in [5.74, 6) is -0.144. The quantitative estimate of drug-likeness (QED) is 0.640. The van der Waals surface area contributed by atoms with Gasteiger partial charge >= 0.3 is 0 Å². The van der Waals surface area contributed by atoms with Gasteiger partial charge in [-0.1, -0.05) is 63.5 Å². The summed E-state index contributed by atoms with van der Waals surface area (Å²) in [6.07, 6.45) is 11.0. The monoisotopic (exact) mass is 390 g/mol. The summed E-state index contributed by atoms with van der Waals surface area (Å²) in [6.45, 7) is 4.30. The standard InChI is InChI=1S/C25H30N2O2/c1-3-5-6-10-17(4-2)27-24(28)20-12-9-11-19-18(22-13-7-8-16-26-22)14-15-21(23(19)20)25(27)29/h7-9,11,13-17,20,25,29H,3-6,10,12H2,1-2H3. The summed E-state index contributed by atoms with van der Waals surface area (Å²) >= 11 is 0. The van der Waals surface area contributed by atoms with Gasteiger partial charge in [0, 0.05) is 23.4 Å².